The summed E-state index contributed by atoms with van der Waals surface area (Å²) in [5.74, 6) is -0.0400. The smallest absolute Gasteiger partial charge is 0.253 e. The Morgan fingerprint density at radius 1 is 1.08 bits per heavy atom. The predicted molar refractivity (Wildman–Crippen MR) is 90.3 cm³/mol. The Kier molecular flexibility index (Phi) is 4.46. The Morgan fingerprint density at radius 3 is 2.52 bits per heavy atom. The van der Waals surface area contributed by atoms with Crippen LogP contribution in [0.2, 0.25) is 0 Å². The van der Waals surface area contributed by atoms with Crippen molar-refractivity contribution in [1.29, 1.82) is 0 Å². The predicted octanol–water partition coefficient (Wildman–Crippen LogP) is 0.333. The Morgan fingerprint density at radius 2 is 1.84 bits per heavy atom. The van der Waals surface area contributed by atoms with E-state index >= 15 is 0 Å². The van der Waals surface area contributed by atoms with Gasteiger partial charge in [-0.3, -0.25) is 9.69 Å². The molecule has 0 saturated carbocycles. The lowest BCUT2D eigenvalue weighted by Gasteiger charge is -2.33. The summed E-state index contributed by atoms with van der Waals surface area (Å²) in [5.41, 5.74) is 1.41. The maximum absolute atomic E-state index is 12.8. The van der Waals surface area contributed by atoms with Crippen molar-refractivity contribution in [3.8, 4) is 5.69 Å². The number of amides is 1. The molecular formula is C17H22N6O2. The number of likely N-dealkylation sites (tertiary alicyclic amines) is 2. The SMILES string of the molecule is O=C(c1ccc(-n2cnnn2)cc1)N1C[C@@H](O)[C@H](N2CCCCC2)C1. The summed E-state index contributed by atoms with van der Waals surface area (Å²) in [6.45, 7) is 3.03. The van der Waals surface area contributed by atoms with Crippen LogP contribution in [0.3, 0.4) is 0 Å². The lowest BCUT2D eigenvalue weighted by Crippen LogP contribution is -2.46. The van der Waals surface area contributed by atoms with Gasteiger partial charge in [0.15, 0.2) is 0 Å². The third-order valence-electron chi connectivity index (χ3n) is 5.13. The topological polar surface area (TPSA) is 87.4 Å². The van der Waals surface area contributed by atoms with Crippen LogP contribution in [0.4, 0.5) is 0 Å². The van der Waals surface area contributed by atoms with Gasteiger partial charge in [0.05, 0.1) is 17.8 Å². The molecule has 1 amide bonds. The molecule has 3 heterocycles. The summed E-state index contributed by atoms with van der Waals surface area (Å²) < 4.78 is 1.54. The quantitative estimate of drug-likeness (QED) is 0.865. The zero-order valence-corrected chi connectivity index (χ0v) is 14.0. The third-order valence-corrected chi connectivity index (χ3v) is 5.13. The van der Waals surface area contributed by atoms with Crippen molar-refractivity contribution in [1.82, 2.24) is 30.0 Å². The van der Waals surface area contributed by atoms with Crippen LogP contribution >= 0.6 is 0 Å². The number of β-amino-alcohol motifs (C(OH)–C–C–N with tert-alkyl or cyclic N) is 1. The Labute approximate surface area is 146 Å². The van der Waals surface area contributed by atoms with Crippen molar-refractivity contribution in [3.63, 3.8) is 0 Å². The van der Waals surface area contributed by atoms with Gasteiger partial charge in [-0.15, -0.1) is 5.10 Å². The lowest BCUT2D eigenvalue weighted by molar-refractivity contribution is 0.0702. The molecule has 2 aliphatic rings. The van der Waals surface area contributed by atoms with Gasteiger partial charge >= 0.3 is 0 Å². The number of aliphatic hydroxyl groups excluding tert-OH is 1. The second-order valence-corrected chi connectivity index (χ2v) is 6.74. The molecule has 0 aliphatic carbocycles. The first-order chi connectivity index (χ1) is 12.2. The van der Waals surface area contributed by atoms with Gasteiger partial charge in [0, 0.05) is 18.7 Å². The average molecular weight is 342 g/mol. The van der Waals surface area contributed by atoms with Crippen LogP contribution in [0, 0.1) is 0 Å². The Balaban J connectivity index is 1.44. The molecule has 2 atom stereocenters. The van der Waals surface area contributed by atoms with E-state index in [0.29, 0.717) is 18.7 Å². The summed E-state index contributed by atoms with van der Waals surface area (Å²) in [7, 11) is 0. The zero-order valence-electron chi connectivity index (χ0n) is 14.0. The fraction of sp³-hybridized carbons (Fsp3) is 0.529. The van der Waals surface area contributed by atoms with Crippen LogP contribution in [0.15, 0.2) is 30.6 Å². The molecule has 1 aromatic carbocycles. The van der Waals surface area contributed by atoms with Crippen molar-refractivity contribution in [2.75, 3.05) is 26.2 Å². The molecule has 1 aromatic heterocycles. The standard InChI is InChI=1S/C17H22N6O2/c24-16-11-22(10-15(16)21-8-2-1-3-9-21)17(25)13-4-6-14(7-5-13)23-12-18-19-20-23/h4-7,12,15-16,24H,1-3,8-11H2/t15-,16-/m1/s1. The molecule has 132 valence electrons. The molecule has 0 unspecified atom stereocenters. The molecule has 0 radical (unpaired) electrons. The fourth-order valence-electron chi connectivity index (χ4n) is 3.76. The van der Waals surface area contributed by atoms with Gasteiger partial charge in [0.2, 0.25) is 0 Å². The molecule has 2 aliphatic heterocycles. The van der Waals surface area contributed by atoms with Gasteiger partial charge in [-0.2, -0.15) is 0 Å². The van der Waals surface area contributed by atoms with Crippen molar-refractivity contribution in [2.24, 2.45) is 0 Å². The second-order valence-electron chi connectivity index (χ2n) is 6.74. The molecule has 25 heavy (non-hydrogen) atoms. The lowest BCUT2D eigenvalue weighted by atomic mass is 10.1. The molecule has 2 aromatic rings. The molecular weight excluding hydrogens is 320 g/mol. The molecule has 0 spiro atoms. The van der Waals surface area contributed by atoms with E-state index in [-0.39, 0.29) is 11.9 Å². The highest BCUT2D eigenvalue weighted by Gasteiger charge is 2.38. The maximum atomic E-state index is 12.8. The van der Waals surface area contributed by atoms with E-state index in [1.807, 2.05) is 12.1 Å². The Bertz CT molecular complexity index is 711. The fourth-order valence-corrected chi connectivity index (χ4v) is 3.76. The minimum absolute atomic E-state index is 0.0400. The van der Waals surface area contributed by atoms with Gasteiger partial charge in [-0.25, -0.2) is 4.68 Å². The minimum Gasteiger partial charge on any atom is -0.390 e. The number of hydrogen-bond donors (Lipinski definition) is 1. The number of hydrogen-bond acceptors (Lipinski definition) is 6. The second kappa shape index (κ2) is 6.89. The van der Waals surface area contributed by atoms with E-state index in [0.717, 1.165) is 18.8 Å². The number of piperidine rings is 1. The van der Waals surface area contributed by atoms with Crippen molar-refractivity contribution < 1.29 is 9.90 Å². The van der Waals surface area contributed by atoms with E-state index in [1.54, 1.807) is 21.7 Å². The summed E-state index contributed by atoms with van der Waals surface area (Å²) in [4.78, 5) is 16.9. The van der Waals surface area contributed by atoms with E-state index in [4.69, 9.17) is 0 Å². The normalized spacial score (nSPS) is 24.6. The molecule has 2 fully saturated rings. The summed E-state index contributed by atoms with van der Waals surface area (Å²) in [5, 5.41) is 21.5. The van der Waals surface area contributed by atoms with E-state index < -0.39 is 6.10 Å². The van der Waals surface area contributed by atoms with E-state index in [9.17, 15) is 9.90 Å². The third kappa shape index (κ3) is 3.27. The highest BCUT2D eigenvalue weighted by molar-refractivity contribution is 5.94. The number of nitrogens with zero attached hydrogens (tertiary/aromatic N) is 6. The van der Waals surface area contributed by atoms with E-state index in [1.165, 1.54) is 25.6 Å². The molecule has 1 N–H and O–H groups in total. The Hall–Kier alpha value is -2.32. The van der Waals surface area contributed by atoms with Crippen LogP contribution in [0.25, 0.3) is 5.69 Å². The highest BCUT2D eigenvalue weighted by atomic mass is 16.3. The number of tetrazole rings is 1. The zero-order chi connectivity index (χ0) is 17.2. The summed E-state index contributed by atoms with van der Waals surface area (Å²) >= 11 is 0. The van der Waals surface area contributed by atoms with Gasteiger partial charge < -0.3 is 10.0 Å². The van der Waals surface area contributed by atoms with E-state index in [2.05, 4.69) is 20.4 Å². The van der Waals surface area contributed by atoms with Gasteiger partial charge in [-0.1, -0.05) is 6.42 Å². The van der Waals surface area contributed by atoms with Gasteiger partial charge in [-0.05, 0) is 60.6 Å². The van der Waals surface area contributed by atoms with Crippen LogP contribution in [0.5, 0.6) is 0 Å². The number of aromatic nitrogens is 4. The number of benzene rings is 1. The van der Waals surface area contributed by atoms with Crippen molar-refractivity contribution in [2.45, 2.75) is 31.4 Å². The minimum atomic E-state index is -0.470. The first-order valence-corrected chi connectivity index (χ1v) is 8.77. The molecule has 2 saturated heterocycles. The van der Waals surface area contributed by atoms with Crippen molar-refractivity contribution in [3.05, 3.63) is 36.2 Å². The number of carbonyl (C=O) groups is 1. The molecule has 0 bridgehead atoms. The first-order valence-electron chi connectivity index (χ1n) is 8.77. The monoisotopic (exact) mass is 342 g/mol. The van der Waals surface area contributed by atoms with Gasteiger partial charge in [0.25, 0.3) is 5.91 Å². The van der Waals surface area contributed by atoms with Gasteiger partial charge in [0.1, 0.15) is 6.33 Å². The maximum Gasteiger partial charge on any atom is 0.253 e. The first kappa shape index (κ1) is 16.2. The summed E-state index contributed by atoms with van der Waals surface area (Å²) in [6, 6.07) is 7.25. The largest absolute Gasteiger partial charge is 0.390 e. The number of carbonyl (C=O) groups excluding carboxylic acids is 1. The van der Waals surface area contributed by atoms with Crippen LogP contribution < -0.4 is 0 Å². The van der Waals surface area contributed by atoms with Crippen molar-refractivity contribution >= 4 is 5.91 Å². The average Bonchev–Trinajstić information content (AvgIpc) is 3.32. The van der Waals surface area contributed by atoms with Crippen LogP contribution in [-0.2, 0) is 0 Å². The molecule has 4 rings (SSSR count). The highest BCUT2D eigenvalue weighted by Crippen LogP contribution is 2.22. The molecule has 8 heteroatoms. The number of aliphatic hydroxyl groups is 1. The van der Waals surface area contributed by atoms with Crippen LogP contribution in [-0.4, -0.2) is 79.3 Å². The number of rotatable bonds is 3. The van der Waals surface area contributed by atoms with Crippen LogP contribution in [0.1, 0.15) is 29.6 Å². The summed E-state index contributed by atoms with van der Waals surface area (Å²) in [6.07, 6.45) is 4.65. The molecule has 8 nitrogen and oxygen atoms in total.